The maximum absolute atomic E-state index is 5.11. The van der Waals surface area contributed by atoms with Crippen LogP contribution < -0.4 is 0 Å². The Hall–Kier alpha value is -9.15. The Morgan fingerprint density at radius 1 is 0.290 bits per heavy atom. The van der Waals surface area contributed by atoms with Crippen molar-refractivity contribution in [1.29, 1.82) is 0 Å². The van der Waals surface area contributed by atoms with Gasteiger partial charge < -0.3 is 0 Å². The molecule has 0 saturated carbocycles. The lowest BCUT2D eigenvalue weighted by molar-refractivity contribution is 1.03. The van der Waals surface area contributed by atoms with Gasteiger partial charge in [-0.2, -0.15) is 0 Å². The molecule has 10 aromatic rings. The first-order chi connectivity index (χ1) is 33.7. The van der Waals surface area contributed by atoms with Gasteiger partial charge in [-0.1, -0.05) is 163 Å². The summed E-state index contributed by atoms with van der Waals surface area (Å²) in [5.41, 5.74) is 17.5. The van der Waals surface area contributed by atoms with E-state index in [2.05, 4.69) is 182 Å². The molecular weight excluding hydrogens is 841 g/mol. The Balaban J connectivity index is 1.10. The molecule has 0 aliphatic heterocycles. The summed E-state index contributed by atoms with van der Waals surface area (Å²) in [5.74, 6) is 23.0. The smallest absolute Gasteiger partial charge is 0.146 e. The highest BCUT2D eigenvalue weighted by atomic mass is 15.1. The van der Waals surface area contributed by atoms with Gasteiger partial charge in [0.2, 0.25) is 0 Å². The van der Waals surface area contributed by atoms with Crippen LogP contribution in [-0.4, -0.2) is 28.7 Å². The number of benzene rings is 7. The predicted octanol–water partition coefficient (Wildman–Crippen LogP) is 13.3. The largest absolute Gasteiger partial charge is 0.298 e. The normalized spacial score (nSPS) is 10.7. The van der Waals surface area contributed by atoms with Crippen molar-refractivity contribution < 1.29 is 0 Å². The van der Waals surface area contributed by atoms with E-state index in [4.69, 9.17) is 15.0 Å². The van der Waals surface area contributed by atoms with Crippen LogP contribution in [0.5, 0.6) is 0 Å². The van der Waals surface area contributed by atoms with Crippen molar-refractivity contribution in [2.24, 2.45) is 0 Å². The number of aryl methyl sites for hydroxylation is 6. The zero-order chi connectivity index (χ0) is 47.4. The maximum atomic E-state index is 5.11. The summed E-state index contributed by atoms with van der Waals surface area (Å²) >= 11 is 0. The molecule has 0 unspecified atom stereocenters. The maximum Gasteiger partial charge on any atom is 0.146 e. The monoisotopic (exact) mass is 888 g/mol. The Morgan fingerprint density at radius 3 is 0.783 bits per heavy atom. The van der Waals surface area contributed by atoms with Crippen molar-refractivity contribution in [3.63, 3.8) is 0 Å². The molecule has 0 saturated heterocycles. The quantitative estimate of drug-likeness (QED) is 0.156. The van der Waals surface area contributed by atoms with Gasteiger partial charge in [0.25, 0.3) is 0 Å². The van der Waals surface area contributed by atoms with Crippen LogP contribution >= 0.6 is 0 Å². The molecule has 0 aliphatic rings. The zero-order valence-electron chi connectivity index (χ0n) is 39.5. The van der Waals surface area contributed by atoms with Gasteiger partial charge in [-0.15, -0.1) is 0 Å². The number of para-hydroxylation sites is 3. The minimum atomic E-state index is 0.650. The van der Waals surface area contributed by atoms with Crippen LogP contribution in [0.15, 0.2) is 182 Å². The van der Waals surface area contributed by atoms with Crippen LogP contribution in [0.1, 0.15) is 67.2 Å². The molecule has 0 aliphatic carbocycles. The minimum Gasteiger partial charge on any atom is -0.298 e. The highest BCUT2D eigenvalue weighted by Crippen LogP contribution is 2.30. The van der Waals surface area contributed by atoms with Crippen LogP contribution in [0.2, 0.25) is 0 Å². The molecule has 6 nitrogen and oxygen atoms in total. The third-order valence-electron chi connectivity index (χ3n) is 12.2. The van der Waals surface area contributed by atoms with Crippen molar-refractivity contribution in [3.05, 3.63) is 250 Å². The third-order valence-corrected chi connectivity index (χ3v) is 12.2. The first kappa shape index (κ1) is 43.7. The van der Waals surface area contributed by atoms with Gasteiger partial charge in [-0.25, -0.2) is 15.0 Å². The van der Waals surface area contributed by atoms with E-state index in [1.54, 1.807) is 0 Å². The molecule has 0 N–H and O–H groups in total. The minimum absolute atomic E-state index is 0.650. The molecule has 6 heteroatoms. The lowest BCUT2D eigenvalue weighted by atomic mass is 10.1. The highest BCUT2D eigenvalue weighted by Gasteiger charge is 2.17. The van der Waals surface area contributed by atoms with Gasteiger partial charge in [-0.3, -0.25) is 13.7 Å². The van der Waals surface area contributed by atoms with Gasteiger partial charge >= 0.3 is 0 Å². The average Bonchev–Trinajstić information content (AvgIpc) is 4.11. The van der Waals surface area contributed by atoms with Gasteiger partial charge in [0.1, 0.15) is 34.6 Å². The zero-order valence-corrected chi connectivity index (χ0v) is 39.5. The van der Waals surface area contributed by atoms with Crippen molar-refractivity contribution in [2.45, 2.75) is 41.5 Å². The molecule has 3 aromatic heterocycles. The Labute approximate surface area is 404 Å². The lowest BCUT2D eigenvalue weighted by Crippen LogP contribution is -2.01. The summed E-state index contributed by atoms with van der Waals surface area (Å²) in [5, 5.41) is 0. The molecule has 0 fully saturated rings. The van der Waals surface area contributed by atoms with Gasteiger partial charge in [-0.05, 0) is 111 Å². The first-order valence-corrected chi connectivity index (χ1v) is 23.0. The number of aromatic nitrogens is 6. The summed E-state index contributed by atoms with van der Waals surface area (Å²) in [4.78, 5) is 15.3. The van der Waals surface area contributed by atoms with Gasteiger partial charge in [0.05, 0.1) is 17.1 Å². The van der Waals surface area contributed by atoms with Crippen LogP contribution in [0.3, 0.4) is 0 Å². The van der Waals surface area contributed by atoms with E-state index >= 15 is 0 Å². The highest BCUT2D eigenvalue weighted by molar-refractivity contribution is 5.66. The molecule has 10 rings (SSSR count). The third kappa shape index (κ3) is 9.19. The van der Waals surface area contributed by atoms with Crippen molar-refractivity contribution in [1.82, 2.24) is 28.7 Å². The first-order valence-electron chi connectivity index (χ1n) is 23.0. The molecule has 0 radical (unpaired) electrons. The molecule has 0 amide bonds. The Kier molecular flexibility index (Phi) is 12.0. The summed E-state index contributed by atoms with van der Waals surface area (Å²) in [6.45, 7) is 12.8. The van der Waals surface area contributed by atoms with E-state index in [0.717, 1.165) is 101 Å². The summed E-state index contributed by atoms with van der Waals surface area (Å²) in [6.07, 6.45) is 6.09. The lowest BCUT2D eigenvalue weighted by Gasteiger charge is -2.13. The fourth-order valence-corrected chi connectivity index (χ4v) is 9.02. The van der Waals surface area contributed by atoms with Crippen LogP contribution in [0, 0.1) is 77.1 Å². The van der Waals surface area contributed by atoms with Crippen LogP contribution in [0.4, 0.5) is 0 Å². The molecule has 0 atom stereocenters. The fourth-order valence-electron chi connectivity index (χ4n) is 9.02. The van der Waals surface area contributed by atoms with Crippen molar-refractivity contribution in [2.75, 3.05) is 0 Å². The van der Waals surface area contributed by atoms with Crippen LogP contribution in [-0.2, 0) is 0 Å². The van der Waals surface area contributed by atoms with E-state index in [-0.39, 0.29) is 0 Å². The second-order valence-electron chi connectivity index (χ2n) is 17.3. The Bertz CT molecular complexity index is 3270. The second kappa shape index (κ2) is 19.0. The van der Waals surface area contributed by atoms with Gasteiger partial charge in [0, 0.05) is 52.0 Å². The predicted molar refractivity (Wildman–Crippen MR) is 280 cm³/mol. The fraction of sp³-hybridized carbons (Fsp3) is 0.0952. The molecule has 330 valence electrons. The molecule has 7 aromatic carbocycles. The summed E-state index contributed by atoms with van der Waals surface area (Å²) in [7, 11) is 0. The van der Waals surface area contributed by atoms with E-state index in [1.165, 1.54) is 0 Å². The number of hydrogen-bond donors (Lipinski definition) is 0. The van der Waals surface area contributed by atoms with E-state index < -0.39 is 0 Å². The van der Waals surface area contributed by atoms with Crippen molar-refractivity contribution in [3.8, 4) is 86.7 Å². The standard InChI is InChI=1S/C63H48N6/c1-43-19-16-20-44(2)58(43)67-40-55(64-61(67)52-25-10-7-11-26-52)34-31-49-37-50(32-35-56-41-68(59-45(3)21-17-22-46(59)4)62(65-56)53-27-12-8-13-28-53)39-51(38-49)33-36-57-42-69(60-47(5)23-18-24-48(60)6)63(66-57)54-29-14-9-15-30-54/h7-30,37-42H,1-6H3. The number of hydrogen-bond acceptors (Lipinski definition) is 3. The molecule has 0 bridgehead atoms. The average molecular weight is 889 g/mol. The van der Waals surface area contributed by atoms with Crippen LogP contribution in [0.25, 0.3) is 51.2 Å². The SMILES string of the molecule is Cc1cccc(C)c1-n1cc(C#Cc2cc(C#Cc3cn(-c4c(C)cccc4C)c(-c4ccccc4)n3)cc(C#Cc3cn(-c4c(C)cccc4C)c(-c4ccccc4)n3)c2)nc1-c1ccccc1. The topological polar surface area (TPSA) is 53.5 Å². The molecule has 0 spiro atoms. The Morgan fingerprint density at radius 2 is 0.536 bits per heavy atom. The summed E-state index contributed by atoms with van der Waals surface area (Å²) < 4.78 is 6.47. The number of nitrogens with zero attached hydrogens (tertiary/aromatic N) is 6. The number of rotatable bonds is 6. The van der Waals surface area contributed by atoms with E-state index in [9.17, 15) is 0 Å². The van der Waals surface area contributed by atoms with Gasteiger partial charge in [0.15, 0.2) is 0 Å². The molecular formula is C63H48N6. The molecule has 3 heterocycles. The summed E-state index contributed by atoms with van der Waals surface area (Å²) in [6, 6.07) is 55.8. The van der Waals surface area contributed by atoms with E-state index in [1.807, 2.05) is 91.4 Å². The second-order valence-corrected chi connectivity index (χ2v) is 17.3. The van der Waals surface area contributed by atoms with Crippen molar-refractivity contribution >= 4 is 0 Å². The molecule has 69 heavy (non-hydrogen) atoms. The number of imidazole rings is 3. The van der Waals surface area contributed by atoms with E-state index in [0.29, 0.717) is 17.1 Å².